The molecule has 3 aromatic rings. The molecule has 0 fully saturated rings. The lowest BCUT2D eigenvalue weighted by Gasteiger charge is -2.09. The van der Waals surface area contributed by atoms with Crippen LogP contribution in [0.4, 0.5) is 0 Å². The van der Waals surface area contributed by atoms with Crippen LogP contribution in [0.15, 0.2) is 53.7 Å². The zero-order valence-electron chi connectivity index (χ0n) is 15.1. The summed E-state index contributed by atoms with van der Waals surface area (Å²) < 4.78 is 7.31. The lowest BCUT2D eigenvalue weighted by molar-refractivity contribution is 0.101. The summed E-state index contributed by atoms with van der Waals surface area (Å²) in [5, 5.41) is 9.38. The van der Waals surface area contributed by atoms with Gasteiger partial charge in [-0.05, 0) is 32.0 Å². The lowest BCUT2D eigenvalue weighted by Crippen LogP contribution is -2.06. The number of aromatic nitrogens is 3. The summed E-state index contributed by atoms with van der Waals surface area (Å²) in [6, 6.07) is 15.4. The molecule has 0 unspecified atom stereocenters. The van der Waals surface area contributed by atoms with Gasteiger partial charge in [-0.25, -0.2) is 0 Å². The second-order valence-electron chi connectivity index (χ2n) is 5.83. The third kappa shape index (κ3) is 3.80. The maximum Gasteiger partial charge on any atom is 0.191 e. The van der Waals surface area contributed by atoms with E-state index >= 15 is 0 Å². The SMILES string of the molecule is CCn1c(SCC(=O)c2ccccc2OC)nnc1-c1cccc(C)c1. The standard InChI is InChI=1S/C20H21N3O2S/c1-4-23-19(15-9-7-8-14(2)12-15)21-22-20(23)26-13-17(24)16-10-5-6-11-18(16)25-3/h5-12H,4,13H2,1-3H3. The van der Waals surface area contributed by atoms with Gasteiger partial charge in [0.1, 0.15) is 5.75 Å². The first kappa shape index (κ1) is 18.2. The van der Waals surface area contributed by atoms with E-state index in [1.54, 1.807) is 19.2 Å². The minimum Gasteiger partial charge on any atom is -0.496 e. The molecule has 6 heteroatoms. The van der Waals surface area contributed by atoms with Gasteiger partial charge in [-0.1, -0.05) is 47.7 Å². The fourth-order valence-electron chi connectivity index (χ4n) is 2.76. The molecule has 0 N–H and O–H groups in total. The summed E-state index contributed by atoms with van der Waals surface area (Å²) in [4.78, 5) is 12.6. The minimum atomic E-state index is 0.00945. The number of hydrogen-bond acceptors (Lipinski definition) is 5. The molecule has 0 aliphatic carbocycles. The zero-order valence-corrected chi connectivity index (χ0v) is 15.9. The normalized spacial score (nSPS) is 10.7. The number of benzene rings is 2. The van der Waals surface area contributed by atoms with Crippen LogP contribution in [0.2, 0.25) is 0 Å². The van der Waals surface area contributed by atoms with E-state index in [1.165, 1.54) is 17.3 Å². The van der Waals surface area contributed by atoms with Crippen LogP contribution < -0.4 is 4.74 Å². The number of nitrogens with zero attached hydrogens (tertiary/aromatic N) is 3. The second-order valence-corrected chi connectivity index (χ2v) is 6.77. The van der Waals surface area contributed by atoms with Crippen LogP contribution in [0.3, 0.4) is 0 Å². The summed E-state index contributed by atoms with van der Waals surface area (Å²) in [6.45, 7) is 4.84. The van der Waals surface area contributed by atoms with Gasteiger partial charge in [-0.2, -0.15) is 0 Å². The molecule has 0 aliphatic rings. The number of Topliss-reactive ketones (excluding diaryl/α,β-unsaturated/α-hetero) is 1. The van der Waals surface area contributed by atoms with Crippen LogP contribution in [0, 0.1) is 6.92 Å². The number of thioether (sulfide) groups is 1. The van der Waals surface area contributed by atoms with Crippen molar-refractivity contribution >= 4 is 17.5 Å². The van der Waals surface area contributed by atoms with Gasteiger partial charge in [0.05, 0.1) is 18.4 Å². The number of ether oxygens (including phenoxy) is 1. The number of para-hydroxylation sites is 1. The van der Waals surface area contributed by atoms with E-state index in [-0.39, 0.29) is 11.5 Å². The molecule has 2 aromatic carbocycles. The molecule has 1 aromatic heterocycles. The molecular weight excluding hydrogens is 346 g/mol. The Balaban J connectivity index is 1.80. The lowest BCUT2D eigenvalue weighted by atomic mass is 10.1. The summed E-state index contributed by atoms with van der Waals surface area (Å²) in [5.41, 5.74) is 2.79. The van der Waals surface area contributed by atoms with Crippen molar-refractivity contribution in [3.63, 3.8) is 0 Å². The van der Waals surface area contributed by atoms with E-state index < -0.39 is 0 Å². The predicted octanol–water partition coefficient (Wildman–Crippen LogP) is 4.26. The highest BCUT2D eigenvalue weighted by molar-refractivity contribution is 7.99. The van der Waals surface area contributed by atoms with Gasteiger partial charge in [-0.3, -0.25) is 4.79 Å². The molecular formula is C20H21N3O2S. The summed E-state index contributed by atoms with van der Waals surface area (Å²) in [7, 11) is 1.57. The van der Waals surface area contributed by atoms with Gasteiger partial charge in [-0.15, -0.1) is 10.2 Å². The van der Waals surface area contributed by atoms with E-state index in [4.69, 9.17) is 4.74 Å². The first-order valence-corrected chi connectivity index (χ1v) is 9.41. The van der Waals surface area contributed by atoms with Crippen molar-refractivity contribution in [3.05, 3.63) is 59.7 Å². The Bertz CT molecular complexity index is 921. The Kier molecular flexibility index (Phi) is 5.73. The average molecular weight is 367 g/mol. The van der Waals surface area contributed by atoms with E-state index in [9.17, 15) is 4.79 Å². The highest BCUT2D eigenvalue weighted by Gasteiger charge is 2.17. The van der Waals surface area contributed by atoms with Crippen molar-refractivity contribution in [2.45, 2.75) is 25.5 Å². The molecule has 26 heavy (non-hydrogen) atoms. The predicted molar refractivity (Wildman–Crippen MR) is 104 cm³/mol. The fraction of sp³-hybridized carbons (Fsp3) is 0.250. The molecule has 0 saturated carbocycles. The molecule has 5 nitrogen and oxygen atoms in total. The third-order valence-corrected chi connectivity index (χ3v) is 5.02. The van der Waals surface area contributed by atoms with Gasteiger partial charge in [0.25, 0.3) is 0 Å². The number of carbonyl (C=O) groups is 1. The number of ketones is 1. The smallest absolute Gasteiger partial charge is 0.191 e. The fourth-order valence-corrected chi connectivity index (χ4v) is 3.65. The van der Waals surface area contributed by atoms with E-state index in [0.717, 1.165) is 23.1 Å². The maximum atomic E-state index is 12.6. The number of aryl methyl sites for hydroxylation is 1. The van der Waals surface area contributed by atoms with Crippen molar-refractivity contribution in [3.8, 4) is 17.1 Å². The van der Waals surface area contributed by atoms with Crippen molar-refractivity contribution in [2.75, 3.05) is 12.9 Å². The summed E-state index contributed by atoms with van der Waals surface area (Å²) >= 11 is 1.40. The van der Waals surface area contributed by atoms with Crippen LogP contribution in [0.25, 0.3) is 11.4 Å². The Hall–Kier alpha value is -2.60. The molecule has 134 valence electrons. The molecule has 0 radical (unpaired) electrons. The molecule has 0 amide bonds. The van der Waals surface area contributed by atoms with Crippen LogP contribution in [-0.4, -0.2) is 33.4 Å². The van der Waals surface area contributed by atoms with Crippen LogP contribution >= 0.6 is 11.8 Å². The van der Waals surface area contributed by atoms with Gasteiger partial charge in [0.2, 0.25) is 0 Å². The molecule has 0 saturated heterocycles. The zero-order chi connectivity index (χ0) is 18.5. The highest BCUT2D eigenvalue weighted by Crippen LogP contribution is 2.26. The Morgan fingerprint density at radius 2 is 1.96 bits per heavy atom. The minimum absolute atomic E-state index is 0.00945. The average Bonchev–Trinajstić information content (AvgIpc) is 3.09. The van der Waals surface area contributed by atoms with Crippen molar-refractivity contribution in [1.82, 2.24) is 14.8 Å². The Morgan fingerprint density at radius 3 is 2.69 bits per heavy atom. The first-order valence-electron chi connectivity index (χ1n) is 8.43. The van der Waals surface area contributed by atoms with Crippen molar-refractivity contribution < 1.29 is 9.53 Å². The highest BCUT2D eigenvalue weighted by atomic mass is 32.2. The molecule has 0 aliphatic heterocycles. The molecule has 3 rings (SSSR count). The van der Waals surface area contributed by atoms with Gasteiger partial charge in [0.15, 0.2) is 16.8 Å². The number of methoxy groups -OCH3 is 1. The van der Waals surface area contributed by atoms with E-state index in [2.05, 4.69) is 36.2 Å². The largest absolute Gasteiger partial charge is 0.496 e. The molecule has 0 atom stereocenters. The van der Waals surface area contributed by atoms with Crippen LogP contribution in [0.1, 0.15) is 22.8 Å². The number of carbonyl (C=O) groups excluding carboxylic acids is 1. The Labute approximate surface area is 157 Å². The van der Waals surface area contributed by atoms with Crippen LogP contribution in [-0.2, 0) is 6.54 Å². The maximum absolute atomic E-state index is 12.6. The molecule has 0 bridgehead atoms. The number of hydrogen-bond donors (Lipinski definition) is 0. The monoisotopic (exact) mass is 367 g/mol. The number of rotatable bonds is 7. The quantitative estimate of drug-likeness (QED) is 0.461. The van der Waals surface area contributed by atoms with Crippen molar-refractivity contribution in [1.29, 1.82) is 0 Å². The topological polar surface area (TPSA) is 57.0 Å². The van der Waals surface area contributed by atoms with Gasteiger partial charge < -0.3 is 9.30 Å². The van der Waals surface area contributed by atoms with Crippen molar-refractivity contribution in [2.24, 2.45) is 0 Å². The molecule has 0 spiro atoms. The third-order valence-electron chi connectivity index (χ3n) is 4.05. The summed E-state index contributed by atoms with van der Waals surface area (Å²) in [6.07, 6.45) is 0. The Morgan fingerprint density at radius 1 is 1.15 bits per heavy atom. The second kappa shape index (κ2) is 8.19. The van der Waals surface area contributed by atoms with Gasteiger partial charge in [0, 0.05) is 12.1 Å². The summed E-state index contributed by atoms with van der Waals surface area (Å²) in [5.74, 6) is 1.71. The van der Waals surface area contributed by atoms with E-state index in [0.29, 0.717) is 11.3 Å². The van der Waals surface area contributed by atoms with Gasteiger partial charge >= 0.3 is 0 Å². The molecule has 1 heterocycles. The van der Waals surface area contributed by atoms with E-state index in [1.807, 2.05) is 28.8 Å². The first-order chi connectivity index (χ1) is 12.6. The van der Waals surface area contributed by atoms with Crippen LogP contribution in [0.5, 0.6) is 5.75 Å².